The third kappa shape index (κ3) is 5.43. The average molecular weight is 433 g/mol. The standard InChI is InChI=1S/C20H24N4O5S/c1-4-23(5-2)30(27,28)17-12-13-18(19(15-17)24(25)26)22-21-14-8-10-16-9-6-7-11-20(16)29-3/h6-15,22H,4-5H2,1-3H3/b10-8+,21-14+. The van der Waals surface area contributed by atoms with Gasteiger partial charge in [-0.15, -0.1) is 0 Å². The van der Waals surface area contributed by atoms with E-state index in [-0.39, 0.29) is 29.4 Å². The number of nitro groups is 1. The summed E-state index contributed by atoms with van der Waals surface area (Å²) in [5.74, 6) is 0.704. The zero-order valence-electron chi connectivity index (χ0n) is 17.0. The minimum atomic E-state index is -3.80. The van der Waals surface area contributed by atoms with E-state index >= 15 is 0 Å². The van der Waals surface area contributed by atoms with Gasteiger partial charge in [0.25, 0.3) is 5.69 Å². The summed E-state index contributed by atoms with van der Waals surface area (Å²) in [4.78, 5) is 10.6. The first kappa shape index (κ1) is 23.0. The number of hydrazone groups is 1. The van der Waals surface area contributed by atoms with E-state index in [1.165, 1.54) is 22.7 Å². The summed E-state index contributed by atoms with van der Waals surface area (Å²) >= 11 is 0. The van der Waals surface area contributed by atoms with E-state index in [0.29, 0.717) is 5.75 Å². The first-order valence-corrected chi connectivity index (χ1v) is 10.7. The highest BCUT2D eigenvalue weighted by molar-refractivity contribution is 7.89. The molecule has 160 valence electrons. The Morgan fingerprint density at radius 3 is 2.53 bits per heavy atom. The molecule has 0 unspecified atom stereocenters. The maximum atomic E-state index is 12.6. The Kier molecular flexibility index (Phi) is 8.07. The van der Waals surface area contributed by atoms with Crippen LogP contribution in [0.15, 0.2) is 58.5 Å². The van der Waals surface area contributed by atoms with E-state index in [1.54, 1.807) is 33.1 Å². The molecule has 10 heteroatoms. The molecule has 0 aliphatic rings. The highest BCUT2D eigenvalue weighted by atomic mass is 32.2. The molecule has 0 aliphatic carbocycles. The second-order valence-electron chi connectivity index (χ2n) is 6.02. The average Bonchev–Trinajstić information content (AvgIpc) is 2.74. The van der Waals surface area contributed by atoms with E-state index in [1.807, 2.05) is 24.3 Å². The van der Waals surface area contributed by atoms with Gasteiger partial charge in [-0.3, -0.25) is 15.5 Å². The number of nitrogens with zero attached hydrogens (tertiary/aromatic N) is 3. The summed E-state index contributed by atoms with van der Waals surface area (Å²) in [7, 11) is -2.23. The van der Waals surface area contributed by atoms with Gasteiger partial charge in [-0.05, 0) is 30.4 Å². The van der Waals surface area contributed by atoms with Crippen LogP contribution in [0.4, 0.5) is 11.4 Å². The van der Waals surface area contributed by atoms with Crippen LogP contribution in [-0.2, 0) is 10.0 Å². The number of benzene rings is 2. The van der Waals surface area contributed by atoms with E-state index in [0.717, 1.165) is 11.6 Å². The molecule has 0 aliphatic heterocycles. The fraction of sp³-hybridized carbons (Fsp3) is 0.250. The number of nitro benzene ring substituents is 1. The Morgan fingerprint density at radius 2 is 1.90 bits per heavy atom. The number of hydrogen-bond donors (Lipinski definition) is 1. The molecule has 1 N–H and O–H groups in total. The minimum Gasteiger partial charge on any atom is -0.496 e. The zero-order chi connectivity index (χ0) is 22.1. The maximum Gasteiger partial charge on any atom is 0.295 e. The Hall–Kier alpha value is -3.24. The van der Waals surface area contributed by atoms with Gasteiger partial charge in [0, 0.05) is 30.9 Å². The Balaban J connectivity index is 2.21. The van der Waals surface area contributed by atoms with Crippen molar-refractivity contribution in [1.82, 2.24) is 4.31 Å². The Morgan fingerprint density at radius 1 is 1.20 bits per heavy atom. The lowest BCUT2D eigenvalue weighted by Crippen LogP contribution is -2.30. The number of methoxy groups -OCH3 is 1. The predicted octanol–water partition coefficient (Wildman–Crippen LogP) is 3.75. The Labute approximate surface area is 175 Å². The monoisotopic (exact) mass is 432 g/mol. The van der Waals surface area contributed by atoms with Crippen LogP contribution in [0.5, 0.6) is 5.75 Å². The molecule has 0 saturated heterocycles. The molecule has 0 radical (unpaired) electrons. The van der Waals surface area contributed by atoms with Gasteiger partial charge >= 0.3 is 0 Å². The van der Waals surface area contributed by atoms with Crippen LogP contribution in [0.3, 0.4) is 0 Å². The van der Waals surface area contributed by atoms with Gasteiger partial charge in [-0.25, -0.2) is 8.42 Å². The summed E-state index contributed by atoms with van der Waals surface area (Å²) < 4.78 is 31.7. The van der Waals surface area contributed by atoms with Gasteiger partial charge in [0.15, 0.2) is 0 Å². The lowest BCUT2D eigenvalue weighted by Gasteiger charge is -2.18. The van der Waals surface area contributed by atoms with Gasteiger partial charge in [0.05, 0.1) is 16.9 Å². The molecule has 2 aromatic carbocycles. The largest absolute Gasteiger partial charge is 0.496 e. The third-order valence-corrected chi connectivity index (χ3v) is 6.32. The van der Waals surface area contributed by atoms with Crippen LogP contribution in [0.2, 0.25) is 0 Å². The van der Waals surface area contributed by atoms with Crippen molar-refractivity contribution in [3.05, 3.63) is 64.2 Å². The second-order valence-corrected chi connectivity index (χ2v) is 7.95. The van der Waals surface area contributed by atoms with Crippen molar-refractivity contribution in [1.29, 1.82) is 0 Å². The molecule has 0 aromatic heterocycles. The number of hydrogen-bond acceptors (Lipinski definition) is 7. The molecule has 2 rings (SSSR count). The van der Waals surface area contributed by atoms with E-state index in [2.05, 4.69) is 10.5 Å². The normalized spacial score (nSPS) is 12.0. The minimum absolute atomic E-state index is 0.0837. The second kappa shape index (κ2) is 10.5. The van der Waals surface area contributed by atoms with Crippen LogP contribution in [0, 0.1) is 10.1 Å². The number of ether oxygens (including phenoxy) is 1. The molecule has 0 spiro atoms. The van der Waals surface area contributed by atoms with Gasteiger partial charge < -0.3 is 4.74 Å². The number of para-hydroxylation sites is 1. The summed E-state index contributed by atoms with van der Waals surface area (Å²) in [6.07, 6.45) is 4.85. The number of nitrogens with one attached hydrogen (secondary N) is 1. The topological polar surface area (TPSA) is 114 Å². The van der Waals surface area contributed by atoms with Crippen molar-refractivity contribution in [3.63, 3.8) is 0 Å². The zero-order valence-corrected chi connectivity index (χ0v) is 17.8. The van der Waals surface area contributed by atoms with E-state index in [4.69, 9.17) is 4.74 Å². The van der Waals surface area contributed by atoms with Crippen LogP contribution in [0.25, 0.3) is 6.08 Å². The van der Waals surface area contributed by atoms with Crippen molar-refractivity contribution in [2.24, 2.45) is 5.10 Å². The summed E-state index contributed by atoms with van der Waals surface area (Å²) in [5, 5.41) is 15.4. The Bertz CT molecular complexity index is 1050. The summed E-state index contributed by atoms with van der Waals surface area (Å²) in [5.41, 5.74) is 3.14. The van der Waals surface area contributed by atoms with Gasteiger partial charge in [0.1, 0.15) is 11.4 Å². The summed E-state index contributed by atoms with van der Waals surface area (Å²) in [6.45, 7) is 3.96. The number of rotatable bonds is 10. The fourth-order valence-corrected chi connectivity index (χ4v) is 4.21. The van der Waals surface area contributed by atoms with Crippen molar-refractivity contribution in [2.75, 3.05) is 25.6 Å². The molecule has 0 saturated carbocycles. The molecule has 2 aromatic rings. The molecule has 30 heavy (non-hydrogen) atoms. The maximum absolute atomic E-state index is 12.6. The van der Waals surface area contributed by atoms with Crippen molar-refractivity contribution in [2.45, 2.75) is 18.7 Å². The van der Waals surface area contributed by atoms with Gasteiger partial charge in [-0.1, -0.05) is 32.0 Å². The van der Waals surface area contributed by atoms with Gasteiger partial charge in [0.2, 0.25) is 10.0 Å². The quantitative estimate of drug-likeness (QED) is 0.347. The molecule has 0 bridgehead atoms. The lowest BCUT2D eigenvalue weighted by atomic mass is 10.2. The van der Waals surface area contributed by atoms with Crippen LogP contribution in [0.1, 0.15) is 19.4 Å². The first-order chi connectivity index (χ1) is 14.3. The highest BCUT2D eigenvalue weighted by Crippen LogP contribution is 2.29. The van der Waals surface area contributed by atoms with E-state index in [9.17, 15) is 18.5 Å². The lowest BCUT2D eigenvalue weighted by molar-refractivity contribution is -0.384. The summed E-state index contributed by atoms with van der Waals surface area (Å²) in [6, 6.07) is 11.1. The fourth-order valence-electron chi connectivity index (χ4n) is 2.73. The van der Waals surface area contributed by atoms with Crippen LogP contribution in [-0.4, -0.2) is 44.1 Å². The molecule has 0 fully saturated rings. The molecular formula is C20H24N4O5S. The van der Waals surface area contributed by atoms with Crippen molar-refractivity contribution < 1.29 is 18.1 Å². The molecular weight excluding hydrogens is 408 g/mol. The van der Waals surface area contributed by atoms with Crippen molar-refractivity contribution >= 4 is 33.7 Å². The smallest absolute Gasteiger partial charge is 0.295 e. The predicted molar refractivity (Wildman–Crippen MR) is 117 cm³/mol. The number of sulfonamides is 1. The van der Waals surface area contributed by atoms with Crippen LogP contribution < -0.4 is 10.2 Å². The molecule has 9 nitrogen and oxygen atoms in total. The van der Waals surface area contributed by atoms with E-state index < -0.39 is 14.9 Å². The number of anilines is 1. The first-order valence-electron chi connectivity index (χ1n) is 9.22. The number of allylic oxidation sites excluding steroid dienone is 1. The highest BCUT2D eigenvalue weighted by Gasteiger charge is 2.25. The molecule has 0 heterocycles. The molecule has 0 amide bonds. The third-order valence-electron chi connectivity index (χ3n) is 4.27. The van der Waals surface area contributed by atoms with Crippen LogP contribution >= 0.6 is 0 Å². The van der Waals surface area contributed by atoms with Gasteiger partial charge in [-0.2, -0.15) is 9.41 Å². The molecule has 0 atom stereocenters. The SMILES string of the molecule is CCN(CC)S(=O)(=O)c1ccc(N/N=C/C=C/c2ccccc2OC)c([N+](=O)[O-])c1. The van der Waals surface area contributed by atoms with Crippen molar-refractivity contribution in [3.8, 4) is 5.75 Å².